The zero-order valence-electron chi connectivity index (χ0n) is 36.6. The van der Waals surface area contributed by atoms with Gasteiger partial charge in [-0.15, -0.1) is 0 Å². The van der Waals surface area contributed by atoms with E-state index < -0.39 is 67.7 Å². The van der Waals surface area contributed by atoms with E-state index in [2.05, 4.69) is 25.7 Å². The van der Waals surface area contributed by atoms with E-state index in [1.54, 1.807) is 67.8 Å². The first kappa shape index (κ1) is 48.9. The molecule has 6 rings (SSSR count). The lowest BCUT2D eigenvalue weighted by Gasteiger charge is -2.29. The quantitative estimate of drug-likeness (QED) is 0.0337. The summed E-state index contributed by atoms with van der Waals surface area (Å²) in [5.41, 5.74) is 3.21. The predicted octanol–water partition coefficient (Wildman–Crippen LogP) is 8.56. The first-order valence-corrected chi connectivity index (χ1v) is 27.0. The zero-order chi connectivity index (χ0) is 47.2. The van der Waals surface area contributed by atoms with Gasteiger partial charge in [-0.25, -0.2) is 0 Å². The Labute approximate surface area is 376 Å². The van der Waals surface area contributed by atoms with Crippen LogP contribution in [-0.4, -0.2) is 86.8 Å². The molecule has 0 amide bonds. The summed E-state index contributed by atoms with van der Waals surface area (Å²) in [5, 5.41) is 2.08. The fourth-order valence-electron chi connectivity index (χ4n) is 9.50. The number of fused-ring (bicyclic) bond motifs is 6. The molecule has 0 aromatic heterocycles. The molecule has 4 aromatic carbocycles. The summed E-state index contributed by atoms with van der Waals surface area (Å²) in [6.45, 7) is 12.1. The molecule has 2 atom stereocenters. The molecule has 0 bridgehead atoms. The van der Waals surface area contributed by atoms with Crippen molar-refractivity contribution in [2.45, 2.75) is 94.3 Å². The fourth-order valence-corrected chi connectivity index (χ4v) is 12.4. The van der Waals surface area contributed by atoms with Gasteiger partial charge < -0.3 is 4.90 Å². The number of hydrogen-bond donors (Lipinski definition) is 4. The third-order valence-electron chi connectivity index (χ3n) is 12.4. The lowest BCUT2D eigenvalue weighted by Crippen LogP contribution is -2.38. The second-order valence-electron chi connectivity index (χ2n) is 17.0. The predicted molar refractivity (Wildman–Crippen MR) is 252 cm³/mol. The van der Waals surface area contributed by atoms with Crippen LogP contribution in [0.1, 0.15) is 82.1 Å². The molecule has 0 saturated heterocycles. The highest BCUT2D eigenvalue weighted by molar-refractivity contribution is 7.86. The van der Waals surface area contributed by atoms with Crippen LogP contribution < -0.4 is 4.90 Å². The highest BCUT2D eigenvalue weighted by Crippen LogP contribution is 2.53. The summed E-state index contributed by atoms with van der Waals surface area (Å²) in [6.07, 6.45) is 16.1. The zero-order valence-corrected chi connectivity index (χ0v) is 39.9. The van der Waals surface area contributed by atoms with Crippen molar-refractivity contribution < 1.29 is 56.5 Å². The molecular formula is C46H55N2O12S4+. The summed E-state index contributed by atoms with van der Waals surface area (Å²) in [5.74, 6) is -1.42. The van der Waals surface area contributed by atoms with Crippen molar-refractivity contribution >= 4 is 79.1 Å². The lowest BCUT2D eigenvalue weighted by molar-refractivity contribution is -0.437. The number of benzene rings is 4. The average Bonchev–Trinajstić information content (AvgIpc) is 3.55. The van der Waals surface area contributed by atoms with Gasteiger partial charge >= 0.3 is 0 Å². The second kappa shape index (κ2) is 18.0. The molecular weight excluding hydrogens is 901 g/mol. The van der Waals surface area contributed by atoms with Crippen LogP contribution in [0.15, 0.2) is 107 Å². The Bertz CT molecular complexity index is 3170. The Morgan fingerprint density at radius 1 is 0.672 bits per heavy atom. The molecule has 0 saturated carbocycles. The molecule has 14 nitrogen and oxygen atoms in total. The topological polar surface area (TPSA) is 224 Å². The van der Waals surface area contributed by atoms with Crippen molar-refractivity contribution in [3.63, 3.8) is 0 Å². The van der Waals surface area contributed by atoms with Gasteiger partial charge in [0.05, 0.1) is 16.4 Å². The number of allylic oxidation sites excluding steroid dienone is 8. The van der Waals surface area contributed by atoms with Gasteiger partial charge in [0.25, 0.3) is 40.5 Å². The van der Waals surface area contributed by atoms with E-state index in [1.165, 1.54) is 18.2 Å². The van der Waals surface area contributed by atoms with Gasteiger partial charge in [-0.2, -0.15) is 38.2 Å². The number of rotatable bonds is 17. The molecule has 0 aliphatic carbocycles. The van der Waals surface area contributed by atoms with Crippen LogP contribution in [0.2, 0.25) is 0 Å². The molecule has 18 heteroatoms. The van der Waals surface area contributed by atoms with E-state index >= 15 is 0 Å². The smallest absolute Gasteiger partial charge is 0.295 e. The van der Waals surface area contributed by atoms with Gasteiger partial charge in [0.2, 0.25) is 5.69 Å². The number of anilines is 1. The van der Waals surface area contributed by atoms with Crippen molar-refractivity contribution in [2.75, 3.05) is 29.5 Å². The highest BCUT2D eigenvalue weighted by Gasteiger charge is 2.51. The molecule has 2 aliphatic rings. The molecule has 2 aliphatic heterocycles. The number of aryl methyl sites for hydroxylation is 2. The third-order valence-corrected chi connectivity index (χ3v) is 15.9. The monoisotopic (exact) mass is 955 g/mol. The standard InChI is InChI=1S/C46H54N2O12S4/c1-7-9-15-23-47-38-22-20-35-36(26-31(3)27-40(35)64(58,59)60)43(38)45(5,8-2)41(47)17-13-11-10-12-14-18-42-46(6,30-62(52,53)54)44-37-29-33(63(55,56)57)28-32(4)34(37)19-21-39(44)48(42)24-16-25-61(49,50)51/h10-14,17-22,26-29H,7-9,15-16,23-25,30H2,1-6H3,(H3-,49,50,51,52,53,54,55,56,57,58,59,60)/p+1. The van der Waals surface area contributed by atoms with Crippen LogP contribution >= 0.6 is 0 Å². The van der Waals surface area contributed by atoms with Gasteiger partial charge in [-0.3, -0.25) is 18.2 Å². The molecule has 64 heavy (non-hydrogen) atoms. The molecule has 4 aromatic rings. The van der Waals surface area contributed by atoms with Gasteiger partial charge in [0.15, 0.2) is 5.71 Å². The normalized spacial score (nSPS) is 20.3. The Hall–Kier alpha value is -4.53. The summed E-state index contributed by atoms with van der Waals surface area (Å²) < 4.78 is 140. The molecule has 4 N–H and O–H groups in total. The molecule has 0 spiro atoms. The minimum atomic E-state index is -4.71. The first-order chi connectivity index (χ1) is 29.7. The SMILES string of the molecule is CCCCCN1C(=CC=CC=CC=CC2=[N+](CCCS(=O)(=O)O)c3ccc4c(C)cc(S(=O)(=O)O)cc4c3C2(C)CS(=O)(=O)O)C(C)(CC)c2c1ccc1c(S(=O)(=O)O)cc(C)cc21. The maximum atomic E-state index is 12.7. The van der Waals surface area contributed by atoms with Crippen molar-refractivity contribution in [3.8, 4) is 0 Å². The third kappa shape index (κ3) is 9.84. The number of unbranched alkanes of at least 4 members (excludes halogenated alkanes) is 2. The minimum absolute atomic E-state index is 0.00742. The molecule has 2 unspecified atom stereocenters. The van der Waals surface area contributed by atoms with Gasteiger partial charge in [0, 0.05) is 52.9 Å². The van der Waals surface area contributed by atoms with E-state index in [1.807, 2.05) is 30.4 Å². The first-order valence-electron chi connectivity index (χ1n) is 20.9. The van der Waals surface area contributed by atoms with E-state index in [-0.39, 0.29) is 17.9 Å². The van der Waals surface area contributed by atoms with Gasteiger partial charge in [0.1, 0.15) is 16.9 Å². The van der Waals surface area contributed by atoms with Crippen LogP contribution in [0.4, 0.5) is 11.4 Å². The molecule has 2 heterocycles. The number of nitrogens with zero attached hydrogens (tertiary/aromatic N) is 2. The minimum Gasteiger partial charge on any atom is -0.344 e. The van der Waals surface area contributed by atoms with Gasteiger partial charge in [-0.1, -0.05) is 69.2 Å². The van der Waals surface area contributed by atoms with E-state index in [0.29, 0.717) is 50.7 Å². The van der Waals surface area contributed by atoms with Crippen molar-refractivity contribution in [3.05, 3.63) is 119 Å². The van der Waals surface area contributed by atoms with E-state index in [0.717, 1.165) is 48.1 Å². The summed E-state index contributed by atoms with van der Waals surface area (Å²) in [4.78, 5) is 1.74. The van der Waals surface area contributed by atoms with Crippen molar-refractivity contribution in [1.82, 2.24) is 0 Å². The van der Waals surface area contributed by atoms with Crippen LogP contribution in [0.25, 0.3) is 21.5 Å². The molecule has 0 radical (unpaired) electrons. The van der Waals surface area contributed by atoms with Crippen LogP contribution in [-0.2, 0) is 51.3 Å². The Balaban J connectivity index is 1.42. The Kier molecular flexibility index (Phi) is 13.8. The van der Waals surface area contributed by atoms with Crippen LogP contribution in [0.3, 0.4) is 0 Å². The van der Waals surface area contributed by atoms with E-state index in [4.69, 9.17) is 0 Å². The van der Waals surface area contributed by atoms with E-state index in [9.17, 15) is 51.9 Å². The number of hydrogen-bond acceptors (Lipinski definition) is 9. The molecule has 344 valence electrons. The van der Waals surface area contributed by atoms with Crippen molar-refractivity contribution in [2.24, 2.45) is 0 Å². The largest absolute Gasteiger partial charge is 0.344 e. The van der Waals surface area contributed by atoms with Gasteiger partial charge in [-0.05, 0) is 110 Å². The molecule has 0 fully saturated rings. The second-order valence-corrected chi connectivity index (χ2v) is 22.9. The summed E-state index contributed by atoms with van der Waals surface area (Å²) in [7, 11) is -18.3. The maximum absolute atomic E-state index is 12.7. The average molecular weight is 956 g/mol. The Morgan fingerprint density at radius 3 is 1.95 bits per heavy atom. The highest BCUT2D eigenvalue weighted by atomic mass is 32.2. The Morgan fingerprint density at radius 2 is 1.33 bits per heavy atom. The summed E-state index contributed by atoms with van der Waals surface area (Å²) >= 11 is 0. The summed E-state index contributed by atoms with van der Waals surface area (Å²) in [6, 6.07) is 13.1. The maximum Gasteiger partial charge on any atom is 0.295 e. The van der Waals surface area contributed by atoms with Crippen LogP contribution in [0, 0.1) is 13.8 Å². The lowest BCUT2D eigenvalue weighted by atomic mass is 9.77. The fraction of sp³-hybridized carbons (Fsp3) is 0.370. The van der Waals surface area contributed by atoms with Crippen molar-refractivity contribution in [1.29, 1.82) is 0 Å². The van der Waals surface area contributed by atoms with Crippen LogP contribution in [0.5, 0.6) is 0 Å².